The number of rotatable bonds is 8. The Morgan fingerprint density at radius 2 is 2.12 bits per heavy atom. The van der Waals surface area contributed by atoms with Crippen LogP contribution >= 0.6 is 23.4 Å². The molecule has 1 aromatic heterocycles. The lowest BCUT2D eigenvalue weighted by atomic mass is 10.1. The van der Waals surface area contributed by atoms with Crippen LogP contribution in [-0.4, -0.2) is 42.3 Å². The van der Waals surface area contributed by atoms with Gasteiger partial charge >= 0.3 is 5.63 Å². The van der Waals surface area contributed by atoms with Gasteiger partial charge in [-0.05, 0) is 43.9 Å². The third kappa shape index (κ3) is 4.93. The molecule has 0 saturated heterocycles. The summed E-state index contributed by atoms with van der Waals surface area (Å²) in [6.07, 6.45) is 2.63. The van der Waals surface area contributed by atoms with Gasteiger partial charge in [-0.2, -0.15) is 11.8 Å². The monoisotopic (exact) mass is 399 g/mol. The van der Waals surface area contributed by atoms with Gasteiger partial charge in [-0.25, -0.2) is 4.79 Å². The summed E-state index contributed by atoms with van der Waals surface area (Å²) in [5, 5.41) is 13.1. The second-order valence-electron chi connectivity index (χ2n) is 5.94. The van der Waals surface area contributed by atoms with E-state index < -0.39 is 5.63 Å². The van der Waals surface area contributed by atoms with E-state index in [1.165, 1.54) is 6.07 Å². The highest BCUT2D eigenvalue weighted by molar-refractivity contribution is 7.98. The van der Waals surface area contributed by atoms with E-state index in [0.29, 0.717) is 22.6 Å². The van der Waals surface area contributed by atoms with Crippen molar-refractivity contribution in [1.29, 1.82) is 0 Å². The highest BCUT2D eigenvalue weighted by Gasteiger charge is 2.15. The maximum atomic E-state index is 12.0. The number of fused-ring (bicyclic) bond motifs is 1. The molecule has 0 aliphatic heterocycles. The largest absolute Gasteiger partial charge is 0.482 e. The van der Waals surface area contributed by atoms with E-state index in [0.717, 1.165) is 16.7 Å². The van der Waals surface area contributed by atoms with Crippen LogP contribution in [0.3, 0.4) is 0 Å². The molecule has 1 atom stereocenters. The smallest absolute Gasteiger partial charge is 0.339 e. The molecule has 142 valence electrons. The van der Waals surface area contributed by atoms with E-state index in [1.54, 1.807) is 24.8 Å². The molecule has 0 spiro atoms. The van der Waals surface area contributed by atoms with Gasteiger partial charge in [-0.15, -0.1) is 0 Å². The molecule has 1 amide bonds. The molecule has 2 aromatic rings. The third-order valence-electron chi connectivity index (χ3n) is 4.12. The van der Waals surface area contributed by atoms with Gasteiger partial charge in [-0.3, -0.25) is 4.79 Å². The Bertz CT molecular complexity index is 852. The zero-order valence-electron chi connectivity index (χ0n) is 14.9. The van der Waals surface area contributed by atoms with Gasteiger partial charge in [0.1, 0.15) is 11.3 Å². The normalized spacial score (nSPS) is 12.2. The second kappa shape index (κ2) is 9.30. The number of hydrogen-bond acceptors (Lipinski definition) is 6. The van der Waals surface area contributed by atoms with Gasteiger partial charge in [0.2, 0.25) is 0 Å². The minimum atomic E-state index is -0.416. The Kier molecular flexibility index (Phi) is 7.37. The Morgan fingerprint density at radius 1 is 1.38 bits per heavy atom. The Balaban J connectivity index is 2.11. The Hall–Kier alpha value is -1.70. The molecule has 0 fully saturated rings. The first-order valence-electron chi connectivity index (χ1n) is 8.12. The fourth-order valence-electron chi connectivity index (χ4n) is 2.44. The highest BCUT2D eigenvalue weighted by atomic mass is 35.5. The van der Waals surface area contributed by atoms with Crippen LogP contribution in [0.4, 0.5) is 0 Å². The van der Waals surface area contributed by atoms with Gasteiger partial charge < -0.3 is 19.6 Å². The van der Waals surface area contributed by atoms with Crippen molar-refractivity contribution in [2.45, 2.75) is 26.3 Å². The van der Waals surface area contributed by atoms with Gasteiger partial charge in [0.15, 0.2) is 6.61 Å². The van der Waals surface area contributed by atoms with E-state index in [1.807, 2.05) is 13.2 Å². The highest BCUT2D eigenvalue weighted by Crippen LogP contribution is 2.31. The number of amides is 1. The van der Waals surface area contributed by atoms with Crippen LogP contribution in [0.5, 0.6) is 5.75 Å². The van der Waals surface area contributed by atoms with Crippen LogP contribution in [0.15, 0.2) is 21.3 Å². The summed E-state index contributed by atoms with van der Waals surface area (Å²) < 4.78 is 10.7. The summed E-state index contributed by atoms with van der Waals surface area (Å²) in [6, 6.07) is 2.86. The molecular weight excluding hydrogens is 378 g/mol. The molecule has 0 radical (unpaired) electrons. The van der Waals surface area contributed by atoms with Crippen LogP contribution in [0.1, 0.15) is 17.5 Å². The van der Waals surface area contributed by atoms with Crippen molar-refractivity contribution >= 4 is 40.2 Å². The Labute approximate surface area is 160 Å². The lowest BCUT2D eigenvalue weighted by molar-refractivity contribution is -0.124. The molecule has 1 aromatic carbocycles. The zero-order chi connectivity index (χ0) is 19.3. The molecule has 8 heteroatoms. The fraction of sp³-hybridized carbons (Fsp3) is 0.444. The van der Waals surface area contributed by atoms with Crippen LogP contribution in [0.2, 0.25) is 5.02 Å². The van der Waals surface area contributed by atoms with Crippen LogP contribution in [0.25, 0.3) is 11.0 Å². The predicted molar refractivity (Wildman–Crippen MR) is 104 cm³/mol. The van der Waals surface area contributed by atoms with Crippen molar-refractivity contribution in [3.05, 3.63) is 38.7 Å². The molecule has 0 saturated carbocycles. The molecule has 2 rings (SSSR count). The minimum absolute atomic E-state index is 0.132. The number of aliphatic hydroxyl groups is 1. The van der Waals surface area contributed by atoms with E-state index >= 15 is 0 Å². The number of hydrogen-bond donors (Lipinski definition) is 2. The first-order chi connectivity index (χ1) is 12.4. The number of carbonyl (C=O) groups excluding carboxylic acids is 1. The van der Waals surface area contributed by atoms with Crippen LogP contribution in [-0.2, 0) is 4.79 Å². The predicted octanol–water partition coefficient (Wildman–Crippen LogP) is 2.67. The zero-order valence-corrected chi connectivity index (χ0v) is 16.5. The second-order valence-corrected chi connectivity index (χ2v) is 7.33. The van der Waals surface area contributed by atoms with Gasteiger partial charge in [0.05, 0.1) is 17.7 Å². The molecule has 0 bridgehead atoms. The van der Waals surface area contributed by atoms with Crippen LogP contribution < -0.4 is 15.7 Å². The number of benzene rings is 1. The van der Waals surface area contributed by atoms with Crippen molar-refractivity contribution in [3.63, 3.8) is 0 Å². The topological polar surface area (TPSA) is 88.8 Å². The summed E-state index contributed by atoms with van der Waals surface area (Å²) in [7, 11) is 0. The molecule has 26 heavy (non-hydrogen) atoms. The number of aryl methyl sites for hydroxylation is 1. The SMILES string of the molecule is CSCC[C@H](CO)NC(=O)COc1cc2oc(=O)c(C)c(C)c2cc1Cl. The first kappa shape index (κ1) is 20.6. The first-order valence-corrected chi connectivity index (χ1v) is 9.90. The summed E-state index contributed by atoms with van der Waals surface area (Å²) in [6.45, 7) is 3.13. The number of thioether (sulfide) groups is 1. The quantitative estimate of drug-likeness (QED) is 0.663. The van der Waals surface area contributed by atoms with E-state index in [2.05, 4.69) is 5.32 Å². The van der Waals surface area contributed by atoms with E-state index in [4.69, 9.17) is 20.8 Å². The van der Waals surface area contributed by atoms with Crippen molar-refractivity contribution in [3.8, 4) is 5.75 Å². The van der Waals surface area contributed by atoms with Gasteiger partial charge in [0, 0.05) is 17.0 Å². The summed E-state index contributed by atoms with van der Waals surface area (Å²) in [4.78, 5) is 23.8. The summed E-state index contributed by atoms with van der Waals surface area (Å²) in [5.41, 5.74) is 1.26. The summed E-state index contributed by atoms with van der Waals surface area (Å²) >= 11 is 7.87. The van der Waals surface area contributed by atoms with Crippen molar-refractivity contribution in [2.24, 2.45) is 0 Å². The molecule has 0 aliphatic carbocycles. The molecule has 2 N–H and O–H groups in total. The molecule has 0 aliphatic rings. The Morgan fingerprint density at radius 3 is 2.77 bits per heavy atom. The number of aliphatic hydroxyl groups excluding tert-OH is 1. The van der Waals surface area contributed by atoms with Crippen molar-refractivity contribution in [2.75, 3.05) is 25.2 Å². The molecular formula is C18H22ClNO5S. The standard InChI is InChI=1S/C18H22ClNO5S/c1-10-11(2)18(23)25-15-7-16(14(19)6-13(10)15)24-9-17(22)20-12(8-21)4-5-26-3/h6-7,12,21H,4-5,8-9H2,1-3H3,(H,20,22)/t12-/m1/s1. The molecule has 0 unspecified atom stereocenters. The van der Waals surface area contributed by atoms with E-state index in [-0.39, 0.29) is 30.9 Å². The summed E-state index contributed by atoms with van der Waals surface area (Å²) in [5.74, 6) is 0.731. The van der Waals surface area contributed by atoms with Gasteiger partial charge in [-0.1, -0.05) is 11.6 Å². The average molecular weight is 400 g/mol. The third-order valence-corrected chi connectivity index (χ3v) is 5.06. The lowest BCUT2D eigenvalue weighted by Crippen LogP contribution is -2.40. The molecule has 6 nitrogen and oxygen atoms in total. The number of carbonyl (C=O) groups is 1. The van der Waals surface area contributed by atoms with Crippen LogP contribution in [0, 0.1) is 13.8 Å². The molecule has 1 heterocycles. The van der Waals surface area contributed by atoms with Crippen molar-refractivity contribution < 1.29 is 19.1 Å². The maximum Gasteiger partial charge on any atom is 0.339 e. The maximum absolute atomic E-state index is 12.0. The number of halogens is 1. The average Bonchev–Trinajstić information content (AvgIpc) is 2.62. The number of ether oxygens (including phenoxy) is 1. The van der Waals surface area contributed by atoms with E-state index in [9.17, 15) is 14.7 Å². The minimum Gasteiger partial charge on any atom is -0.482 e. The lowest BCUT2D eigenvalue weighted by Gasteiger charge is -2.16. The number of nitrogens with one attached hydrogen (secondary N) is 1. The van der Waals surface area contributed by atoms with Gasteiger partial charge in [0.25, 0.3) is 5.91 Å². The fourth-order valence-corrected chi connectivity index (χ4v) is 3.17. The van der Waals surface area contributed by atoms with Crippen molar-refractivity contribution in [1.82, 2.24) is 5.32 Å².